The van der Waals surface area contributed by atoms with Crippen LogP contribution in [0.3, 0.4) is 0 Å². The molecule has 1 aromatic heterocycles. The fraction of sp³-hybridized carbons (Fsp3) is 0.438. The average molecular weight is 352 g/mol. The summed E-state index contributed by atoms with van der Waals surface area (Å²) in [4.78, 5) is 14.8. The maximum absolute atomic E-state index is 11.4. The Balaban J connectivity index is 2.28. The first-order valence-electron chi connectivity index (χ1n) is 7.11. The third kappa shape index (κ3) is 2.19. The highest BCUT2D eigenvalue weighted by atomic mass is 79.9. The Hall–Kier alpha value is -1.33. The van der Waals surface area contributed by atoms with Gasteiger partial charge in [0.05, 0.1) is 18.7 Å². The van der Waals surface area contributed by atoms with Crippen molar-refractivity contribution in [3.63, 3.8) is 0 Å². The first kappa shape index (κ1) is 14.6. The Labute approximate surface area is 131 Å². The molecule has 1 unspecified atom stereocenters. The van der Waals surface area contributed by atoms with Gasteiger partial charge in [-0.2, -0.15) is 0 Å². The second kappa shape index (κ2) is 5.14. The fourth-order valence-corrected chi connectivity index (χ4v) is 3.92. The lowest BCUT2D eigenvalue weighted by molar-refractivity contribution is -0.154. The summed E-state index contributed by atoms with van der Waals surface area (Å²) in [5.74, 6) is -0.770. The number of carbonyl (C=O) groups is 1. The minimum absolute atomic E-state index is 0.0257. The summed E-state index contributed by atoms with van der Waals surface area (Å²) >= 11 is 3.60. The van der Waals surface area contributed by atoms with Crippen molar-refractivity contribution in [2.45, 2.75) is 32.3 Å². The van der Waals surface area contributed by atoms with E-state index in [1.54, 1.807) is 0 Å². The summed E-state index contributed by atoms with van der Waals surface area (Å²) in [5, 5.41) is 10.5. The molecule has 0 bridgehead atoms. The van der Waals surface area contributed by atoms with Gasteiger partial charge in [-0.1, -0.05) is 35.8 Å². The maximum atomic E-state index is 11.4. The standard InChI is InChI=1S/C16H18BrNO3/c1-9(2)16(8-13(19)20)15-10(6-7-21-16)14-11(17)4-3-5-12(14)18-15/h3-5,9,18H,6-8H2,1-2H3,(H,19,20). The van der Waals surface area contributed by atoms with E-state index in [1.807, 2.05) is 32.0 Å². The number of nitrogens with one attached hydrogen (secondary N) is 1. The van der Waals surface area contributed by atoms with Crippen molar-refractivity contribution >= 4 is 32.8 Å². The molecule has 3 rings (SSSR count). The van der Waals surface area contributed by atoms with Crippen LogP contribution in [0.2, 0.25) is 0 Å². The van der Waals surface area contributed by atoms with Crippen LogP contribution in [0.25, 0.3) is 10.9 Å². The molecule has 0 spiro atoms. The van der Waals surface area contributed by atoms with Crippen LogP contribution in [0.1, 0.15) is 31.5 Å². The molecule has 2 heterocycles. The molecule has 2 N–H and O–H groups in total. The second-order valence-electron chi connectivity index (χ2n) is 5.85. The molecule has 0 radical (unpaired) electrons. The SMILES string of the molecule is CC(C)C1(CC(=O)O)OCCc2c1[nH]c1cccc(Br)c21. The molecule has 21 heavy (non-hydrogen) atoms. The number of rotatable bonds is 3. The Morgan fingerprint density at radius 1 is 1.52 bits per heavy atom. The number of aromatic amines is 1. The van der Waals surface area contributed by atoms with E-state index in [-0.39, 0.29) is 12.3 Å². The molecule has 1 aromatic carbocycles. The van der Waals surface area contributed by atoms with E-state index >= 15 is 0 Å². The Kier molecular flexibility index (Phi) is 3.58. The van der Waals surface area contributed by atoms with Crippen molar-refractivity contribution in [3.8, 4) is 0 Å². The van der Waals surface area contributed by atoms with Crippen LogP contribution in [-0.2, 0) is 21.6 Å². The highest BCUT2D eigenvalue weighted by Crippen LogP contribution is 2.45. The summed E-state index contributed by atoms with van der Waals surface area (Å²) < 4.78 is 7.04. The minimum atomic E-state index is -0.839. The number of carboxylic acid groups (broad SMARTS) is 1. The third-order valence-corrected chi connectivity index (χ3v) is 5.02. The largest absolute Gasteiger partial charge is 0.481 e. The fourth-order valence-electron chi connectivity index (χ4n) is 3.31. The van der Waals surface area contributed by atoms with Gasteiger partial charge in [-0.25, -0.2) is 0 Å². The summed E-state index contributed by atoms with van der Waals surface area (Å²) in [6, 6.07) is 6.01. The number of halogens is 1. The number of benzene rings is 1. The van der Waals surface area contributed by atoms with Crippen LogP contribution in [0, 0.1) is 5.92 Å². The highest BCUT2D eigenvalue weighted by Gasteiger charge is 2.44. The van der Waals surface area contributed by atoms with E-state index < -0.39 is 11.6 Å². The summed E-state index contributed by atoms with van der Waals surface area (Å²) in [6.45, 7) is 4.57. The van der Waals surface area contributed by atoms with Crippen LogP contribution >= 0.6 is 15.9 Å². The smallest absolute Gasteiger partial charge is 0.306 e. The van der Waals surface area contributed by atoms with Crippen LogP contribution in [0.15, 0.2) is 22.7 Å². The van der Waals surface area contributed by atoms with E-state index in [0.717, 1.165) is 27.5 Å². The van der Waals surface area contributed by atoms with Crippen molar-refractivity contribution in [2.75, 3.05) is 6.61 Å². The van der Waals surface area contributed by atoms with Crippen LogP contribution in [0.4, 0.5) is 0 Å². The number of aromatic nitrogens is 1. The average Bonchev–Trinajstić information content (AvgIpc) is 2.79. The lowest BCUT2D eigenvalue weighted by atomic mass is 9.80. The maximum Gasteiger partial charge on any atom is 0.306 e. The van der Waals surface area contributed by atoms with Gasteiger partial charge in [-0.3, -0.25) is 4.79 Å². The first-order chi connectivity index (χ1) is 9.95. The van der Waals surface area contributed by atoms with E-state index in [4.69, 9.17) is 4.74 Å². The van der Waals surface area contributed by atoms with Gasteiger partial charge in [-0.15, -0.1) is 0 Å². The zero-order valence-corrected chi connectivity index (χ0v) is 13.7. The normalized spacial score (nSPS) is 21.7. The minimum Gasteiger partial charge on any atom is -0.481 e. The van der Waals surface area contributed by atoms with E-state index in [9.17, 15) is 9.90 Å². The summed E-state index contributed by atoms with van der Waals surface area (Å²) in [5.41, 5.74) is 2.35. The zero-order chi connectivity index (χ0) is 15.2. The van der Waals surface area contributed by atoms with Crippen molar-refractivity contribution in [1.29, 1.82) is 0 Å². The molecule has 2 aromatic rings. The quantitative estimate of drug-likeness (QED) is 0.883. The molecule has 112 valence electrons. The van der Waals surface area contributed by atoms with Gasteiger partial charge in [0, 0.05) is 15.4 Å². The molecule has 0 saturated carbocycles. The predicted octanol–water partition coefficient (Wildman–Crippen LogP) is 3.83. The van der Waals surface area contributed by atoms with Crippen molar-refractivity contribution < 1.29 is 14.6 Å². The van der Waals surface area contributed by atoms with Gasteiger partial charge < -0.3 is 14.8 Å². The van der Waals surface area contributed by atoms with Gasteiger partial charge in [0.15, 0.2) is 0 Å². The lowest BCUT2D eigenvalue weighted by Crippen LogP contribution is -2.42. The van der Waals surface area contributed by atoms with E-state index in [1.165, 1.54) is 5.56 Å². The highest BCUT2D eigenvalue weighted by molar-refractivity contribution is 9.10. The number of ether oxygens (including phenoxy) is 1. The summed E-state index contributed by atoms with van der Waals surface area (Å²) in [6.07, 6.45) is 0.772. The van der Waals surface area contributed by atoms with E-state index in [0.29, 0.717) is 6.61 Å². The molecular formula is C16H18BrNO3. The number of hydrogen-bond acceptors (Lipinski definition) is 2. The zero-order valence-electron chi connectivity index (χ0n) is 12.1. The third-order valence-electron chi connectivity index (χ3n) is 4.36. The van der Waals surface area contributed by atoms with Crippen molar-refractivity contribution in [1.82, 2.24) is 4.98 Å². The van der Waals surface area contributed by atoms with Crippen LogP contribution in [0.5, 0.6) is 0 Å². The number of fused-ring (bicyclic) bond motifs is 3. The van der Waals surface area contributed by atoms with Gasteiger partial charge in [0.1, 0.15) is 5.60 Å². The number of H-pyrrole nitrogens is 1. The molecule has 0 saturated heterocycles. The molecule has 1 aliphatic rings. The van der Waals surface area contributed by atoms with Gasteiger partial charge in [0.25, 0.3) is 0 Å². The van der Waals surface area contributed by atoms with Gasteiger partial charge >= 0.3 is 5.97 Å². The molecule has 0 amide bonds. The molecule has 0 aliphatic carbocycles. The molecular weight excluding hydrogens is 334 g/mol. The van der Waals surface area contributed by atoms with E-state index in [2.05, 4.69) is 20.9 Å². The topological polar surface area (TPSA) is 62.3 Å². The van der Waals surface area contributed by atoms with Gasteiger partial charge in [-0.05, 0) is 30.0 Å². The van der Waals surface area contributed by atoms with Crippen LogP contribution < -0.4 is 0 Å². The first-order valence-corrected chi connectivity index (χ1v) is 7.90. The molecule has 1 aliphatic heterocycles. The number of aliphatic carboxylic acids is 1. The van der Waals surface area contributed by atoms with Crippen LogP contribution in [-0.4, -0.2) is 22.7 Å². The lowest BCUT2D eigenvalue weighted by Gasteiger charge is -2.39. The van der Waals surface area contributed by atoms with Crippen molar-refractivity contribution in [2.24, 2.45) is 5.92 Å². The Morgan fingerprint density at radius 2 is 2.29 bits per heavy atom. The predicted molar refractivity (Wildman–Crippen MR) is 84.4 cm³/mol. The molecule has 0 fully saturated rings. The molecule has 1 atom stereocenters. The Bertz CT molecular complexity index is 707. The monoisotopic (exact) mass is 351 g/mol. The molecule has 5 heteroatoms. The van der Waals surface area contributed by atoms with Gasteiger partial charge in [0.2, 0.25) is 0 Å². The molecule has 4 nitrogen and oxygen atoms in total. The van der Waals surface area contributed by atoms with Crippen molar-refractivity contribution in [3.05, 3.63) is 33.9 Å². The summed E-state index contributed by atoms with van der Waals surface area (Å²) in [7, 11) is 0. The second-order valence-corrected chi connectivity index (χ2v) is 6.71. The Morgan fingerprint density at radius 3 is 2.95 bits per heavy atom. The number of carboxylic acids is 1. The number of hydrogen-bond donors (Lipinski definition) is 2.